The molecule has 4 heteroatoms. The highest BCUT2D eigenvalue weighted by Crippen LogP contribution is 2.52. The summed E-state index contributed by atoms with van der Waals surface area (Å²) in [6, 6.07) is 0. The van der Waals surface area contributed by atoms with E-state index in [9.17, 15) is 13.9 Å². The van der Waals surface area contributed by atoms with E-state index >= 15 is 0 Å². The average molecular weight is 243 g/mol. The Hall–Kier alpha value is 0.300. The van der Waals surface area contributed by atoms with Gasteiger partial charge in [-0.3, -0.25) is 0 Å². The summed E-state index contributed by atoms with van der Waals surface area (Å²) in [7, 11) is 0. The van der Waals surface area contributed by atoms with Gasteiger partial charge < -0.3 is 5.11 Å². The molecule has 1 aliphatic rings. The van der Waals surface area contributed by atoms with Gasteiger partial charge in [0.25, 0.3) is 0 Å². The van der Waals surface area contributed by atoms with E-state index in [0.717, 1.165) is 0 Å². The van der Waals surface area contributed by atoms with Crippen LogP contribution in [0.25, 0.3) is 0 Å². The van der Waals surface area contributed by atoms with Crippen LogP contribution in [0.2, 0.25) is 0 Å². The van der Waals surface area contributed by atoms with Crippen molar-refractivity contribution in [2.24, 2.45) is 5.41 Å². The number of halogens is 3. The van der Waals surface area contributed by atoms with Gasteiger partial charge in [0.05, 0.1) is 0 Å². The molecule has 0 aromatic carbocycles. The van der Waals surface area contributed by atoms with Crippen LogP contribution in [0.5, 0.6) is 0 Å². The van der Waals surface area contributed by atoms with Gasteiger partial charge in [-0.15, -0.1) is 0 Å². The SMILES string of the molecule is CC1(C)CCC(O)(C(F)(F)Br)C1. The maximum Gasteiger partial charge on any atom is 0.329 e. The molecular formula is C8H13BrF2O. The standard InChI is InChI=1S/C8H13BrF2O/c1-6(2)3-4-7(12,5-6)8(9,10)11/h12H,3-5H2,1-2H3. The number of alkyl halides is 3. The summed E-state index contributed by atoms with van der Waals surface area (Å²) < 4.78 is 25.6. The number of hydrogen-bond donors (Lipinski definition) is 1. The summed E-state index contributed by atoms with van der Waals surface area (Å²) in [4.78, 5) is -3.16. The fourth-order valence-electron chi connectivity index (χ4n) is 1.76. The summed E-state index contributed by atoms with van der Waals surface area (Å²) in [5, 5.41) is 9.57. The quantitative estimate of drug-likeness (QED) is 0.702. The Labute approximate surface area is 79.3 Å². The summed E-state index contributed by atoms with van der Waals surface area (Å²) >= 11 is 2.23. The Morgan fingerprint density at radius 2 is 1.83 bits per heavy atom. The maximum absolute atomic E-state index is 12.8. The predicted molar refractivity (Wildman–Crippen MR) is 46.5 cm³/mol. The van der Waals surface area contributed by atoms with Crippen LogP contribution in [0, 0.1) is 5.41 Å². The first-order valence-corrected chi connectivity index (χ1v) is 4.75. The molecule has 12 heavy (non-hydrogen) atoms. The normalized spacial score (nSPS) is 35.5. The Bertz CT molecular complexity index is 188. The molecule has 72 valence electrons. The van der Waals surface area contributed by atoms with Crippen molar-refractivity contribution in [2.45, 2.75) is 43.5 Å². The molecule has 0 heterocycles. The van der Waals surface area contributed by atoms with Crippen LogP contribution in [0.4, 0.5) is 8.78 Å². The molecule has 0 spiro atoms. The molecule has 0 aliphatic heterocycles. The second-order valence-electron chi connectivity index (χ2n) is 4.37. The second kappa shape index (κ2) is 2.64. The Balaban J connectivity index is 2.78. The first-order valence-electron chi connectivity index (χ1n) is 3.95. The number of hydrogen-bond acceptors (Lipinski definition) is 1. The van der Waals surface area contributed by atoms with E-state index in [1.54, 1.807) is 0 Å². The van der Waals surface area contributed by atoms with Gasteiger partial charge >= 0.3 is 4.83 Å². The predicted octanol–water partition coefficient (Wildman–Crippen LogP) is 2.92. The van der Waals surface area contributed by atoms with Gasteiger partial charge in [-0.2, -0.15) is 8.78 Å². The molecule has 1 nitrogen and oxygen atoms in total. The van der Waals surface area contributed by atoms with Crippen LogP contribution in [0.3, 0.4) is 0 Å². The summed E-state index contributed by atoms with van der Waals surface area (Å²) in [5.74, 6) is 0. The van der Waals surface area contributed by atoms with E-state index in [0.29, 0.717) is 6.42 Å². The van der Waals surface area contributed by atoms with Gasteiger partial charge in [-0.25, -0.2) is 0 Å². The molecule has 1 aliphatic carbocycles. The van der Waals surface area contributed by atoms with Crippen LogP contribution in [-0.4, -0.2) is 15.5 Å². The zero-order chi connectivity index (χ0) is 9.62. The third-order valence-electron chi connectivity index (χ3n) is 2.51. The topological polar surface area (TPSA) is 20.2 Å². The molecule has 1 fully saturated rings. The first-order chi connectivity index (χ1) is 5.16. The molecule has 1 rings (SSSR count). The Morgan fingerprint density at radius 3 is 2.00 bits per heavy atom. The second-order valence-corrected chi connectivity index (χ2v) is 5.37. The lowest BCUT2D eigenvalue weighted by Gasteiger charge is -2.29. The highest BCUT2D eigenvalue weighted by molar-refractivity contribution is 9.10. The largest absolute Gasteiger partial charge is 0.383 e. The summed E-state index contributed by atoms with van der Waals surface area (Å²) in [6.45, 7) is 3.79. The van der Waals surface area contributed by atoms with Gasteiger partial charge in [-0.05, 0) is 40.6 Å². The van der Waals surface area contributed by atoms with Gasteiger partial charge in [0.1, 0.15) is 5.60 Å². The third kappa shape index (κ3) is 1.79. The molecule has 1 N–H and O–H groups in total. The lowest BCUT2D eigenvalue weighted by Crippen LogP contribution is -2.42. The molecule has 0 aromatic rings. The summed E-state index contributed by atoms with van der Waals surface area (Å²) in [6.07, 6.45) is 0.960. The van der Waals surface area contributed by atoms with Crippen LogP contribution in [0.1, 0.15) is 33.1 Å². The zero-order valence-corrected chi connectivity index (χ0v) is 8.79. The highest BCUT2D eigenvalue weighted by Gasteiger charge is 2.56. The van der Waals surface area contributed by atoms with Crippen LogP contribution in [0.15, 0.2) is 0 Å². The molecule has 1 unspecified atom stereocenters. The van der Waals surface area contributed by atoms with Gasteiger partial charge in [0, 0.05) is 0 Å². The molecule has 0 bridgehead atoms. The lowest BCUT2D eigenvalue weighted by molar-refractivity contribution is -0.115. The third-order valence-corrected chi connectivity index (χ3v) is 3.25. The minimum absolute atomic E-state index is 0.151. The Kier molecular flexibility index (Phi) is 2.29. The maximum atomic E-state index is 12.8. The van der Waals surface area contributed by atoms with Crippen molar-refractivity contribution in [1.82, 2.24) is 0 Å². The smallest absolute Gasteiger partial charge is 0.329 e. The van der Waals surface area contributed by atoms with Gasteiger partial charge in [0.2, 0.25) is 0 Å². The Morgan fingerprint density at radius 1 is 1.33 bits per heavy atom. The van der Waals surface area contributed by atoms with E-state index in [-0.39, 0.29) is 18.3 Å². The fourth-order valence-corrected chi connectivity index (χ4v) is 2.09. The van der Waals surface area contributed by atoms with E-state index in [1.165, 1.54) is 0 Å². The molecule has 0 saturated heterocycles. The molecule has 1 atom stereocenters. The monoisotopic (exact) mass is 242 g/mol. The minimum atomic E-state index is -3.16. The van der Waals surface area contributed by atoms with E-state index in [2.05, 4.69) is 15.9 Å². The van der Waals surface area contributed by atoms with Crippen molar-refractivity contribution in [3.8, 4) is 0 Å². The minimum Gasteiger partial charge on any atom is -0.383 e. The van der Waals surface area contributed by atoms with Crippen molar-refractivity contribution in [1.29, 1.82) is 0 Å². The van der Waals surface area contributed by atoms with E-state index in [1.807, 2.05) is 13.8 Å². The average Bonchev–Trinajstić information content (AvgIpc) is 2.05. The van der Waals surface area contributed by atoms with E-state index in [4.69, 9.17) is 0 Å². The van der Waals surface area contributed by atoms with Crippen LogP contribution < -0.4 is 0 Å². The van der Waals surface area contributed by atoms with Crippen molar-refractivity contribution in [2.75, 3.05) is 0 Å². The van der Waals surface area contributed by atoms with Crippen molar-refractivity contribution in [3.05, 3.63) is 0 Å². The molecule has 0 aromatic heterocycles. The summed E-state index contributed by atoms with van der Waals surface area (Å²) in [5.41, 5.74) is -2.03. The molecular weight excluding hydrogens is 230 g/mol. The van der Waals surface area contributed by atoms with Gasteiger partial charge in [-0.1, -0.05) is 13.8 Å². The molecule has 1 saturated carbocycles. The lowest BCUT2D eigenvalue weighted by atomic mass is 9.89. The van der Waals surface area contributed by atoms with Crippen molar-refractivity contribution < 1.29 is 13.9 Å². The van der Waals surface area contributed by atoms with Crippen molar-refractivity contribution >= 4 is 15.9 Å². The van der Waals surface area contributed by atoms with Crippen LogP contribution in [-0.2, 0) is 0 Å². The van der Waals surface area contributed by atoms with Gasteiger partial charge in [0.15, 0.2) is 0 Å². The number of aliphatic hydroxyl groups is 1. The zero-order valence-electron chi connectivity index (χ0n) is 7.20. The van der Waals surface area contributed by atoms with Crippen molar-refractivity contribution in [3.63, 3.8) is 0 Å². The highest BCUT2D eigenvalue weighted by atomic mass is 79.9. The molecule has 0 radical (unpaired) electrons. The first kappa shape index (κ1) is 10.4. The molecule has 0 amide bonds. The van der Waals surface area contributed by atoms with E-state index < -0.39 is 10.4 Å². The fraction of sp³-hybridized carbons (Fsp3) is 1.00. The number of rotatable bonds is 1. The van der Waals surface area contributed by atoms with Crippen LogP contribution >= 0.6 is 15.9 Å².